The fraction of sp³-hybridized carbons (Fsp3) is 0.636. The quantitative estimate of drug-likeness (QED) is 0.680. The highest BCUT2D eigenvalue weighted by atomic mass is 35.5. The minimum atomic E-state index is 0.167. The van der Waals surface area contributed by atoms with Crippen LogP contribution in [0.5, 0.6) is 0 Å². The Morgan fingerprint density at radius 2 is 2.18 bits per heavy atom. The number of rotatable bonds is 3. The van der Waals surface area contributed by atoms with Gasteiger partial charge >= 0.3 is 0 Å². The molecule has 4 nitrogen and oxygen atoms in total. The van der Waals surface area contributed by atoms with Crippen LogP contribution in [0.1, 0.15) is 25.7 Å². The first kappa shape index (κ1) is 12.9. The van der Waals surface area contributed by atoms with Crippen LogP contribution in [-0.2, 0) is 0 Å². The van der Waals surface area contributed by atoms with E-state index < -0.39 is 0 Å². The van der Waals surface area contributed by atoms with Crippen LogP contribution in [0.15, 0.2) is 6.07 Å². The van der Waals surface area contributed by atoms with Crippen LogP contribution in [-0.4, -0.2) is 34.3 Å². The molecule has 0 unspecified atom stereocenters. The SMILES string of the molecule is OCC[C@@H]1CCCCN1c1cc(Cl)nc(Cl)n1. The van der Waals surface area contributed by atoms with Crippen molar-refractivity contribution in [2.45, 2.75) is 31.7 Å². The lowest BCUT2D eigenvalue weighted by Gasteiger charge is -2.36. The molecule has 0 aromatic carbocycles. The Morgan fingerprint density at radius 3 is 2.88 bits per heavy atom. The molecule has 0 aliphatic carbocycles. The molecule has 1 aliphatic rings. The summed E-state index contributed by atoms with van der Waals surface area (Å²) in [6.07, 6.45) is 4.13. The van der Waals surface area contributed by atoms with Gasteiger partial charge in [-0.3, -0.25) is 0 Å². The molecule has 1 atom stereocenters. The van der Waals surface area contributed by atoms with Gasteiger partial charge in [-0.2, -0.15) is 0 Å². The third-order valence-corrected chi connectivity index (χ3v) is 3.40. The second kappa shape index (κ2) is 5.85. The molecule has 1 aliphatic heterocycles. The summed E-state index contributed by atoms with van der Waals surface area (Å²) >= 11 is 11.7. The van der Waals surface area contributed by atoms with E-state index in [2.05, 4.69) is 14.9 Å². The minimum Gasteiger partial charge on any atom is -0.396 e. The van der Waals surface area contributed by atoms with E-state index in [1.165, 1.54) is 6.42 Å². The van der Waals surface area contributed by atoms with Crippen molar-refractivity contribution in [3.8, 4) is 0 Å². The van der Waals surface area contributed by atoms with Crippen LogP contribution in [0, 0.1) is 0 Å². The van der Waals surface area contributed by atoms with Crippen LogP contribution in [0.4, 0.5) is 5.82 Å². The molecule has 0 radical (unpaired) electrons. The number of aliphatic hydroxyl groups excluding tert-OH is 1. The number of aromatic nitrogens is 2. The molecule has 0 saturated carbocycles. The minimum absolute atomic E-state index is 0.167. The Balaban J connectivity index is 2.22. The van der Waals surface area contributed by atoms with Crippen LogP contribution in [0.2, 0.25) is 10.4 Å². The summed E-state index contributed by atoms with van der Waals surface area (Å²) in [4.78, 5) is 10.2. The number of halogens is 2. The first-order valence-electron chi connectivity index (χ1n) is 5.78. The number of anilines is 1. The monoisotopic (exact) mass is 275 g/mol. The number of aliphatic hydroxyl groups is 1. The van der Waals surface area contributed by atoms with Gasteiger partial charge in [0.1, 0.15) is 11.0 Å². The first-order valence-corrected chi connectivity index (χ1v) is 6.54. The topological polar surface area (TPSA) is 49.2 Å². The van der Waals surface area contributed by atoms with E-state index in [1.54, 1.807) is 6.07 Å². The summed E-state index contributed by atoms with van der Waals surface area (Å²) in [7, 11) is 0. The van der Waals surface area contributed by atoms with E-state index in [0.717, 1.165) is 31.6 Å². The smallest absolute Gasteiger partial charge is 0.225 e. The normalized spacial score (nSPS) is 20.6. The molecule has 0 spiro atoms. The summed E-state index contributed by atoms with van der Waals surface area (Å²) in [5.41, 5.74) is 0. The summed E-state index contributed by atoms with van der Waals surface area (Å²) in [5, 5.41) is 9.60. The Morgan fingerprint density at radius 1 is 1.35 bits per heavy atom. The Bertz CT molecular complexity index is 367. The van der Waals surface area contributed by atoms with Gasteiger partial charge < -0.3 is 10.0 Å². The van der Waals surface area contributed by atoms with E-state index in [0.29, 0.717) is 11.2 Å². The average molecular weight is 276 g/mol. The zero-order valence-electron chi connectivity index (χ0n) is 9.44. The molecule has 6 heteroatoms. The lowest BCUT2D eigenvalue weighted by molar-refractivity contribution is 0.262. The third-order valence-electron chi connectivity index (χ3n) is 3.04. The maximum absolute atomic E-state index is 9.08. The third kappa shape index (κ3) is 3.21. The fourth-order valence-corrected chi connectivity index (χ4v) is 2.68. The highest BCUT2D eigenvalue weighted by Gasteiger charge is 2.23. The van der Waals surface area contributed by atoms with Crippen molar-refractivity contribution in [1.29, 1.82) is 0 Å². The van der Waals surface area contributed by atoms with Crippen LogP contribution >= 0.6 is 23.2 Å². The Labute approximate surface area is 111 Å². The average Bonchev–Trinajstić information content (AvgIpc) is 2.29. The van der Waals surface area contributed by atoms with Crippen molar-refractivity contribution in [3.05, 3.63) is 16.5 Å². The largest absolute Gasteiger partial charge is 0.396 e. The van der Waals surface area contributed by atoms with E-state index in [4.69, 9.17) is 28.3 Å². The molecule has 1 N–H and O–H groups in total. The number of nitrogens with zero attached hydrogens (tertiary/aromatic N) is 3. The van der Waals surface area contributed by atoms with Gasteiger partial charge in [0.2, 0.25) is 5.28 Å². The second-order valence-electron chi connectivity index (χ2n) is 4.17. The number of piperidine rings is 1. The molecule has 1 fully saturated rings. The molecule has 1 aromatic rings. The van der Waals surface area contributed by atoms with Gasteiger partial charge in [0.05, 0.1) is 0 Å². The Kier molecular flexibility index (Phi) is 4.42. The van der Waals surface area contributed by atoms with Gasteiger partial charge in [0.15, 0.2) is 0 Å². The predicted octanol–water partition coefficient (Wildman–Crippen LogP) is 2.52. The Hall–Kier alpha value is -0.580. The lowest BCUT2D eigenvalue weighted by atomic mass is 10.00. The maximum atomic E-state index is 9.08. The van der Waals surface area contributed by atoms with Gasteiger partial charge in [-0.05, 0) is 37.3 Å². The van der Waals surface area contributed by atoms with E-state index >= 15 is 0 Å². The van der Waals surface area contributed by atoms with Crippen molar-refractivity contribution in [2.75, 3.05) is 18.1 Å². The van der Waals surface area contributed by atoms with Gasteiger partial charge in [0, 0.05) is 25.3 Å². The van der Waals surface area contributed by atoms with Crippen molar-refractivity contribution in [3.63, 3.8) is 0 Å². The standard InChI is InChI=1S/C11H15Cl2N3O/c12-9-7-10(15-11(13)14-9)16-5-2-1-3-8(16)4-6-17/h7-8,17H,1-6H2/t8-/m0/s1. The molecular weight excluding hydrogens is 261 g/mol. The van der Waals surface area contributed by atoms with Crippen LogP contribution < -0.4 is 4.90 Å². The second-order valence-corrected chi connectivity index (χ2v) is 4.90. The van der Waals surface area contributed by atoms with Crippen LogP contribution in [0.25, 0.3) is 0 Å². The molecule has 0 bridgehead atoms. The molecule has 2 rings (SSSR count). The zero-order chi connectivity index (χ0) is 12.3. The van der Waals surface area contributed by atoms with Crippen molar-refractivity contribution in [1.82, 2.24) is 9.97 Å². The molecule has 1 saturated heterocycles. The molecular formula is C11H15Cl2N3O. The van der Waals surface area contributed by atoms with E-state index in [9.17, 15) is 0 Å². The summed E-state index contributed by atoms with van der Waals surface area (Å²) in [5.74, 6) is 0.758. The fourth-order valence-electron chi connectivity index (χ4n) is 2.28. The lowest BCUT2D eigenvalue weighted by Crippen LogP contribution is -2.40. The molecule has 94 valence electrons. The van der Waals surface area contributed by atoms with Gasteiger partial charge in [-0.25, -0.2) is 9.97 Å². The van der Waals surface area contributed by atoms with Gasteiger partial charge in [-0.15, -0.1) is 0 Å². The van der Waals surface area contributed by atoms with Crippen molar-refractivity contribution in [2.24, 2.45) is 0 Å². The molecule has 2 heterocycles. The van der Waals surface area contributed by atoms with Crippen LogP contribution in [0.3, 0.4) is 0 Å². The van der Waals surface area contributed by atoms with Gasteiger partial charge in [-0.1, -0.05) is 11.6 Å². The summed E-state index contributed by atoms with van der Waals surface area (Å²) in [6.45, 7) is 1.11. The maximum Gasteiger partial charge on any atom is 0.225 e. The first-order chi connectivity index (χ1) is 8.20. The molecule has 17 heavy (non-hydrogen) atoms. The van der Waals surface area contributed by atoms with Crippen molar-refractivity contribution >= 4 is 29.0 Å². The summed E-state index contributed by atoms with van der Waals surface area (Å²) < 4.78 is 0. The zero-order valence-corrected chi connectivity index (χ0v) is 11.0. The highest BCUT2D eigenvalue weighted by molar-refractivity contribution is 6.32. The number of hydrogen-bond acceptors (Lipinski definition) is 4. The van der Waals surface area contributed by atoms with Crippen molar-refractivity contribution < 1.29 is 5.11 Å². The highest BCUT2D eigenvalue weighted by Crippen LogP contribution is 2.27. The summed E-state index contributed by atoms with van der Waals surface area (Å²) in [6, 6.07) is 2.04. The molecule has 1 aromatic heterocycles. The van der Waals surface area contributed by atoms with Gasteiger partial charge in [0.25, 0.3) is 0 Å². The van der Waals surface area contributed by atoms with E-state index in [-0.39, 0.29) is 11.9 Å². The molecule has 0 amide bonds. The number of hydrogen-bond donors (Lipinski definition) is 1. The van der Waals surface area contributed by atoms with E-state index in [1.807, 2.05) is 0 Å². The predicted molar refractivity (Wildman–Crippen MR) is 68.7 cm³/mol.